The van der Waals surface area contributed by atoms with E-state index in [-0.39, 0.29) is 11.9 Å². The van der Waals surface area contributed by atoms with Crippen molar-refractivity contribution in [3.8, 4) is 0 Å². The van der Waals surface area contributed by atoms with Crippen molar-refractivity contribution < 1.29 is 4.39 Å². The topological polar surface area (TPSA) is 58.0 Å². The average molecular weight is 300 g/mol. The maximum Gasteiger partial charge on any atom is 0.183 e. The van der Waals surface area contributed by atoms with Crippen molar-refractivity contribution in [2.45, 2.75) is 18.9 Å². The third-order valence-corrected chi connectivity index (χ3v) is 4.67. The standard InChI is InChI=1S/C15H17FN6/c16-12-7-18-10-20-15(12)22-6-3-11-2-5-21(8-13(11)22)14-1-4-17-9-19-14/h1,4,7,9-11,13H,2-3,5-6,8H2. The van der Waals surface area contributed by atoms with E-state index in [4.69, 9.17) is 0 Å². The van der Waals surface area contributed by atoms with E-state index < -0.39 is 0 Å². The summed E-state index contributed by atoms with van der Waals surface area (Å²) in [6.07, 6.45) is 8.16. The molecule has 4 rings (SSSR count). The summed E-state index contributed by atoms with van der Waals surface area (Å²) in [6.45, 7) is 2.67. The molecule has 0 spiro atoms. The van der Waals surface area contributed by atoms with Gasteiger partial charge in [0.2, 0.25) is 0 Å². The van der Waals surface area contributed by atoms with Gasteiger partial charge < -0.3 is 9.80 Å². The largest absolute Gasteiger partial charge is 0.354 e. The van der Waals surface area contributed by atoms with E-state index in [9.17, 15) is 4.39 Å². The number of hydrogen-bond donors (Lipinski definition) is 0. The molecule has 2 aliphatic heterocycles. The molecule has 0 radical (unpaired) electrons. The third-order valence-electron chi connectivity index (χ3n) is 4.67. The molecular formula is C15H17FN6. The molecule has 4 heterocycles. The molecule has 22 heavy (non-hydrogen) atoms. The Morgan fingerprint density at radius 1 is 1.09 bits per heavy atom. The van der Waals surface area contributed by atoms with Crippen LogP contribution >= 0.6 is 0 Å². The summed E-state index contributed by atoms with van der Waals surface area (Å²) >= 11 is 0. The molecule has 114 valence electrons. The molecule has 2 atom stereocenters. The first-order valence-electron chi connectivity index (χ1n) is 7.56. The number of fused-ring (bicyclic) bond motifs is 1. The number of rotatable bonds is 2. The van der Waals surface area contributed by atoms with Crippen molar-refractivity contribution >= 4 is 11.6 Å². The molecule has 0 aliphatic carbocycles. The van der Waals surface area contributed by atoms with Gasteiger partial charge in [0.05, 0.1) is 12.2 Å². The number of aromatic nitrogens is 4. The molecule has 2 saturated heterocycles. The number of piperidine rings is 1. The molecule has 2 aliphatic rings. The van der Waals surface area contributed by atoms with Gasteiger partial charge >= 0.3 is 0 Å². The van der Waals surface area contributed by atoms with Crippen molar-refractivity contribution in [2.75, 3.05) is 29.4 Å². The zero-order chi connectivity index (χ0) is 14.9. The Morgan fingerprint density at radius 3 is 2.77 bits per heavy atom. The number of anilines is 2. The summed E-state index contributed by atoms with van der Waals surface area (Å²) in [5, 5.41) is 0. The Balaban J connectivity index is 1.59. The van der Waals surface area contributed by atoms with Gasteiger partial charge in [-0.3, -0.25) is 0 Å². The second kappa shape index (κ2) is 5.47. The van der Waals surface area contributed by atoms with Gasteiger partial charge in [-0.25, -0.2) is 24.3 Å². The Bertz CT molecular complexity index is 651. The van der Waals surface area contributed by atoms with Gasteiger partial charge in [-0.2, -0.15) is 0 Å². The maximum atomic E-state index is 14.0. The highest BCUT2D eigenvalue weighted by Crippen LogP contribution is 2.35. The quantitative estimate of drug-likeness (QED) is 0.838. The molecule has 2 aromatic rings. The lowest BCUT2D eigenvalue weighted by atomic mass is 9.92. The van der Waals surface area contributed by atoms with Crippen LogP contribution in [0.1, 0.15) is 12.8 Å². The molecule has 7 heteroatoms. The molecule has 6 nitrogen and oxygen atoms in total. The zero-order valence-electron chi connectivity index (χ0n) is 12.1. The highest BCUT2D eigenvalue weighted by molar-refractivity contribution is 5.45. The Labute approximate surface area is 128 Å². The molecule has 0 saturated carbocycles. The lowest BCUT2D eigenvalue weighted by molar-refractivity contribution is 0.387. The first-order chi connectivity index (χ1) is 10.8. The molecule has 0 amide bonds. The molecule has 2 aromatic heterocycles. The van der Waals surface area contributed by atoms with Gasteiger partial charge in [0.15, 0.2) is 11.6 Å². The highest BCUT2D eigenvalue weighted by atomic mass is 19.1. The van der Waals surface area contributed by atoms with Crippen molar-refractivity contribution in [3.05, 3.63) is 36.9 Å². The van der Waals surface area contributed by atoms with Gasteiger partial charge in [-0.15, -0.1) is 0 Å². The van der Waals surface area contributed by atoms with Crippen LogP contribution in [0.4, 0.5) is 16.0 Å². The average Bonchev–Trinajstić information content (AvgIpc) is 2.99. The van der Waals surface area contributed by atoms with Crippen LogP contribution in [0.15, 0.2) is 31.1 Å². The maximum absolute atomic E-state index is 14.0. The second-order valence-corrected chi connectivity index (χ2v) is 5.81. The zero-order valence-corrected chi connectivity index (χ0v) is 12.1. The molecular weight excluding hydrogens is 283 g/mol. The van der Waals surface area contributed by atoms with Crippen LogP contribution in [0.25, 0.3) is 0 Å². The molecule has 2 fully saturated rings. The monoisotopic (exact) mass is 300 g/mol. The van der Waals surface area contributed by atoms with Crippen LogP contribution in [-0.2, 0) is 0 Å². The summed E-state index contributed by atoms with van der Waals surface area (Å²) < 4.78 is 14.0. The predicted molar refractivity (Wildman–Crippen MR) is 80.1 cm³/mol. The van der Waals surface area contributed by atoms with Crippen molar-refractivity contribution in [3.63, 3.8) is 0 Å². The van der Waals surface area contributed by atoms with E-state index in [1.54, 1.807) is 12.5 Å². The molecule has 2 unspecified atom stereocenters. The van der Waals surface area contributed by atoms with Crippen LogP contribution in [-0.4, -0.2) is 45.6 Å². The van der Waals surface area contributed by atoms with Gasteiger partial charge in [-0.05, 0) is 24.8 Å². The number of nitrogens with zero attached hydrogens (tertiary/aromatic N) is 6. The van der Waals surface area contributed by atoms with Crippen LogP contribution in [0.5, 0.6) is 0 Å². The minimum Gasteiger partial charge on any atom is -0.354 e. The van der Waals surface area contributed by atoms with E-state index >= 15 is 0 Å². The Kier molecular flexibility index (Phi) is 3.32. The first-order valence-corrected chi connectivity index (χ1v) is 7.56. The second-order valence-electron chi connectivity index (χ2n) is 5.81. The normalized spacial score (nSPS) is 24.4. The van der Waals surface area contributed by atoms with E-state index in [0.29, 0.717) is 11.7 Å². The van der Waals surface area contributed by atoms with Gasteiger partial charge in [0.25, 0.3) is 0 Å². The van der Waals surface area contributed by atoms with E-state index in [2.05, 4.69) is 29.7 Å². The SMILES string of the molecule is Fc1cncnc1N1CCC2CCN(c3ccncn3)CC21. The lowest BCUT2D eigenvalue weighted by Gasteiger charge is -2.39. The highest BCUT2D eigenvalue weighted by Gasteiger charge is 2.40. The van der Waals surface area contributed by atoms with E-state index in [1.807, 2.05) is 6.07 Å². The van der Waals surface area contributed by atoms with Crippen molar-refractivity contribution in [1.29, 1.82) is 0 Å². The van der Waals surface area contributed by atoms with E-state index in [0.717, 1.165) is 38.3 Å². The predicted octanol–water partition coefficient (Wildman–Crippen LogP) is 1.51. The molecule has 0 N–H and O–H groups in total. The fourth-order valence-electron chi connectivity index (χ4n) is 3.60. The molecule has 0 aromatic carbocycles. The first kappa shape index (κ1) is 13.4. The Morgan fingerprint density at radius 2 is 1.95 bits per heavy atom. The van der Waals surface area contributed by atoms with Crippen LogP contribution in [0.3, 0.4) is 0 Å². The number of hydrogen-bond acceptors (Lipinski definition) is 6. The summed E-state index contributed by atoms with van der Waals surface area (Å²) in [6, 6.07) is 2.19. The minimum atomic E-state index is -0.345. The summed E-state index contributed by atoms with van der Waals surface area (Å²) in [5.41, 5.74) is 0. The third kappa shape index (κ3) is 2.26. The number of halogens is 1. The fourth-order valence-corrected chi connectivity index (χ4v) is 3.60. The summed E-state index contributed by atoms with van der Waals surface area (Å²) in [7, 11) is 0. The smallest absolute Gasteiger partial charge is 0.183 e. The van der Waals surface area contributed by atoms with Crippen LogP contribution < -0.4 is 9.80 Å². The lowest BCUT2D eigenvalue weighted by Crippen LogP contribution is -2.49. The van der Waals surface area contributed by atoms with Crippen molar-refractivity contribution in [1.82, 2.24) is 19.9 Å². The summed E-state index contributed by atoms with van der Waals surface area (Å²) in [4.78, 5) is 20.5. The Hall–Kier alpha value is -2.31. The summed E-state index contributed by atoms with van der Waals surface area (Å²) in [5.74, 6) is 1.60. The van der Waals surface area contributed by atoms with Crippen LogP contribution in [0, 0.1) is 11.7 Å². The fraction of sp³-hybridized carbons (Fsp3) is 0.467. The minimum absolute atomic E-state index is 0.271. The van der Waals surface area contributed by atoms with Crippen LogP contribution in [0.2, 0.25) is 0 Å². The van der Waals surface area contributed by atoms with Gasteiger partial charge in [0.1, 0.15) is 18.5 Å². The van der Waals surface area contributed by atoms with Gasteiger partial charge in [-0.1, -0.05) is 0 Å². The van der Waals surface area contributed by atoms with E-state index in [1.165, 1.54) is 12.5 Å². The van der Waals surface area contributed by atoms with Gasteiger partial charge in [0, 0.05) is 25.8 Å². The van der Waals surface area contributed by atoms with Crippen molar-refractivity contribution in [2.24, 2.45) is 5.92 Å². The molecule has 0 bridgehead atoms.